The number of alkyl halides is 2. The minimum atomic E-state index is -2.32. The Morgan fingerprint density at radius 2 is 1.64 bits per heavy atom. The van der Waals surface area contributed by atoms with Crippen molar-refractivity contribution in [2.75, 3.05) is 32.7 Å². The van der Waals surface area contributed by atoms with Gasteiger partial charge >= 0.3 is 6.09 Å². The van der Waals surface area contributed by atoms with E-state index in [1.54, 1.807) is 6.20 Å². The average Bonchev–Trinajstić information content (AvgIpc) is 3.46. The van der Waals surface area contributed by atoms with E-state index in [1.165, 1.54) is 0 Å². The maximum absolute atomic E-state index is 13.1. The van der Waals surface area contributed by atoms with Crippen LogP contribution in [0.15, 0.2) is 42.6 Å². The number of benzene rings is 1. The van der Waals surface area contributed by atoms with Crippen molar-refractivity contribution in [2.24, 2.45) is 11.8 Å². The Hall–Kier alpha value is -3.07. The SMILES string of the molecule is Cc1cccc(C)c1C(=O)N1CC2CN(CCC(NC(=O)O)c3ccccn3)C[C@H]2C1.FC1(F)CCCCC1. The lowest BCUT2D eigenvalue weighted by Crippen LogP contribution is -2.35. The van der Waals surface area contributed by atoms with Crippen LogP contribution in [0.1, 0.15) is 71.7 Å². The summed E-state index contributed by atoms with van der Waals surface area (Å²) in [5.41, 5.74) is 3.66. The molecule has 1 aromatic carbocycles. The van der Waals surface area contributed by atoms with Crippen LogP contribution in [0, 0.1) is 25.7 Å². The molecule has 1 aliphatic carbocycles. The van der Waals surface area contributed by atoms with E-state index in [9.17, 15) is 23.5 Å². The molecule has 3 aliphatic rings. The minimum absolute atomic E-state index is 0.118. The van der Waals surface area contributed by atoms with Crippen molar-refractivity contribution in [1.82, 2.24) is 20.1 Å². The second-order valence-corrected chi connectivity index (χ2v) is 11.2. The highest BCUT2D eigenvalue weighted by Crippen LogP contribution is 2.34. The Morgan fingerprint density at radius 1 is 1.00 bits per heavy atom. The fraction of sp³-hybridized carbons (Fsp3) is 0.567. The molecule has 2 amide bonds. The molecule has 2 N–H and O–H groups in total. The smallest absolute Gasteiger partial charge is 0.405 e. The van der Waals surface area contributed by atoms with Crippen LogP contribution in [0.4, 0.5) is 13.6 Å². The van der Waals surface area contributed by atoms with Crippen LogP contribution in [0.3, 0.4) is 0 Å². The second-order valence-electron chi connectivity index (χ2n) is 11.2. The third-order valence-electron chi connectivity index (χ3n) is 8.21. The molecule has 3 heterocycles. The number of aromatic nitrogens is 1. The van der Waals surface area contributed by atoms with E-state index in [0.717, 1.165) is 61.5 Å². The van der Waals surface area contributed by atoms with Gasteiger partial charge in [0, 0.05) is 57.3 Å². The molecule has 0 bridgehead atoms. The maximum Gasteiger partial charge on any atom is 0.405 e. The van der Waals surface area contributed by atoms with Crippen LogP contribution < -0.4 is 5.32 Å². The summed E-state index contributed by atoms with van der Waals surface area (Å²) in [5, 5.41) is 11.8. The van der Waals surface area contributed by atoms with Crippen molar-refractivity contribution in [3.63, 3.8) is 0 Å². The van der Waals surface area contributed by atoms with Crippen LogP contribution in [0.5, 0.6) is 0 Å². The molecule has 212 valence electrons. The van der Waals surface area contributed by atoms with Crippen LogP contribution in [-0.4, -0.2) is 70.5 Å². The lowest BCUT2D eigenvalue weighted by Gasteiger charge is -2.24. The van der Waals surface area contributed by atoms with Crippen LogP contribution in [-0.2, 0) is 0 Å². The first-order valence-electron chi connectivity index (χ1n) is 14.0. The molecule has 3 atom stereocenters. The summed E-state index contributed by atoms with van der Waals surface area (Å²) in [6, 6.07) is 11.2. The molecule has 5 rings (SSSR count). The van der Waals surface area contributed by atoms with E-state index >= 15 is 0 Å². The van der Waals surface area contributed by atoms with Crippen molar-refractivity contribution in [1.29, 1.82) is 0 Å². The molecule has 39 heavy (non-hydrogen) atoms. The zero-order valence-electron chi connectivity index (χ0n) is 22.9. The van der Waals surface area contributed by atoms with E-state index in [0.29, 0.717) is 31.1 Å². The summed E-state index contributed by atoms with van der Waals surface area (Å²) >= 11 is 0. The molecular weight excluding hydrogens is 502 g/mol. The van der Waals surface area contributed by atoms with Crippen molar-refractivity contribution < 1.29 is 23.5 Å². The van der Waals surface area contributed by atoms with Gasteiger partial charge in [0.2, 0.25) is 5.92 Å². The van der Waals surface area contributed by atoms with Crippen molar-refractivity contribution in [2.45, 2.75) is 64.3 Å². The summed E-state index contributed by atoms with van der Waals surface area (Å²) in [5.74, 6) is -1.21. The predicted octanol–water partition coefficient (Wildman–Crippen LogP) is 5.69. The monoisotopic (exact) mass is 542 g/mol. The number of hydrogen-bond acceptors (Lipinski definition) is 4. The Balaban J connectivity index is 0.000000379. The summed E-state index contributed by atoms with van der Waals surface area (Å²) < 4.78 is 24.4. The number of rotatable bonds is 6. The van der Waals surface area contributed by atoms with Gasteiger partial charge in [0.15, 0.2) is 0 Å². The molecule has 0 radical (unpaired) electrons. The van der Waals surface area contributed by atoms with Gasteiger partial charge in [-0.1, -0.05) is 30.7 Å². The van der Waals surface area contributed by atoms with Gasteiger partial charge in [-0.3, -0.25) is 9.78 Å². The molecule has 1 aromatic heterocycles. The van der Waals surface area contributed by atoms with Gasteiger partial charge in [0.1, 0.15) is 0 Å². The number of carbonyl (C=O) groups excluding carboxylic acids is 1. The van der Waals surface area contributed by atoms with Crippen LogP contribution in [0.2, 0.25) is 0 Å². The number of amides is 2. The molecule has 2 aromatic rings. The number of nitrogens with one attached hydrogen (secondary N) is 1. The maximum atomic E-state index is 13.1. The Morgan fingerprint density at radius 3 is 2.15 bits per heavy atom. The topological polar surface area (TPSA) is 85.8 Å². The Kier molecular flexibility index (Phi) is 9.53. The van der Waals surface area contributed by atoms with Crippen molar-refractivity contribution >= 4 is 12.0 Å². The number of fused-ring (bicyclic) bond motifs is 1. The van der Waals surface area contributed by atoms with Gasteiger partial charge < -0.3 is 20.2 Å². The van der Waals surface area contributed by atoms with E-state index in [2.05, 4.69) is 15.2 Å². The molecule has 2 unspecified atom stereocenters. The summed E-state index contributed by atoms with van der Waals surface area (Å²) in [6.07, 6.45) is 3.99. The number of pyridine rings is 1. The first-order chi connectivity index (χ1) is 18.6. The predicted molar refractivity (Wildman–Crippen MR) is 146 cm³/mol. The second kappa shape index (κ2) is 12.9. The number of halogens is 2. The highest BCUT2D eigenvalue weighted by molar-refractivity contribution is 5.97. The molecule has 0 spiro atoms. The molecular formula is C30H40F2N4O3. The van der Waals surface area contributed by atoms with Gasteiger partial charge in [-0.25, -0.2) is 13.6 Å². The highest BCUT2D eigenvalue weighted by atomic mass is 19.3. The first-order valence-corrected chi connectivity index (χ1v) is 14.0. The Labute approximate surface area is 229 Å². The van der Waals surface area contributed by atoms with E-state index in [1.807, 2.05) is 55.1 Å². The molecule has 7 nitrogen and oxygen atoms in total. The number of carboxylic acid groups (broad SMARTS) is 1. The summed E-state index contributed by atoms with van der Waals surface area (Å²) in [7, 11) is 0. The van der Waals surface area contributed by atoms with E-state index < -0.39 is 12.0 Å². The number of likely N-dealkylation sites (tertiary alicyclic amines) is 2. The number of aryl methyl sites for hydroxylation is 2. The van der Waals surface area contributed by atoms with Crippen LogP contribution in [0.25, 0.3) is 0 Å². The molecule has 3 fully saturated rings. The molecule has 2 aliphatic heterocycles. The lowest BCUT2D eigenvalue weighted by molar-refractivity contribution is -0.0337. The molecule has 9 heteroatoms. The van der Waals surface area contributed by atoms with E-state index in [4.69, 9.17) is 0 Å². The van der Waals surface area contributed by atoms with Crippen LogP contribution >= 0.6 is 0 Å². The van der Waals surface area contributed by atoms with Gasteiger partial charge in [0.25, 0.3) is 5.91 Å². The van der Waals surface area contributed by atoms with Crippen molar-refractivity contribution in [3.8, 4) is 0 Å². The molecule has 1 saturated carbocycles. The largest absolute Gasteiger partial charge is 0.465 e. The third kappa shape index (κ3) is 7.75. The number of carbonyl (C=O) groups is 2. The van der Waals surface area contributed by atoms with Crippen molar-refractivity contribution in [3.05, 3.63) is 65.0 Å². The standard InChI is InChI=1S/C24H30N4O3.C6H10F2/c1-16-6-5-7-17(2)22(16)23(29)28-14-18-12-27(13-19(18)15-28)11-9-21(26-24(30)31)20-8-3-4-10-25-20;7-6(8)4-2-1-3-5-6/h3-8,10,18-19,21,26H,9,11-15H2,1-2H3,(H,30,31);1-5H2/t18-,19?,21?;/m0./s1. The zero-order chi connectivity index (χ0) is 28.0. The quantitative estimate of drug-likeness (QED) is 0.490. The molecule has 2 saturated heterocycles. The summed E-state index contributed by atoms with van der Waals surface area (Å²) in [4.78, 5) is 33.1. The van der Waals surface area contributed by atoms with Gasteiger partial charge in [-0.15, -0.1) is 0 Å². The highest BCUT2D eigenvalue weighted by Gasteiger charge is 2.42. The van der Waals surface area contributed by atoms with Gasteiger partial charge in [0.05, 0.1) is 11.7 Å². The van der Waals surface area contributed by atoms with E-state index in [-0.39, 0.29) is 24.8 Å². The first kappa shape index (κ1) is 28.9. The number of hydrogen-bond donors (Lipinski definition) is 2. The summed E-state index contributed by atoms with van der Waals surface area (Å²) in [6.45, 7) is 8.30. The lowest BCUT2D eigenvalue weighted by atomic mass is 9.97. The van der Waals surface area contributed by atoms with Gasteiger partial charge in [-0.2, -0.15) is 0 Å². The fourth-order valence-electron chi connectivity index (χ4n) is 6.15. The normalized spacial score (nSPS) is 22.9. The zero-order valence-corrected chi connectivity index (χ0v) is 22.9. The third-order valence-corrected chi connectivity index (χ3v) is 8.21. The average molecular weight is 543 g/mol. The Bertz CT molecular complexity index is 1090. The fourth-order valence-corrected chi connectivity index (χ4v) is 6.15. The number of nitrogens with zero attached hydrogens (tertiary/aromatic N) is 3. The minimum Gasteiger partial charge on any atom is -0.465 e. The van der Waals surface area contributed by atoms with Gasteiger partial charge in [-0.05, 0) is 68.2 Å².